The highest BCUT2D eigenvalue weighted by Crippen LogP contribution is 2.00. The van der Waals surface area contributed by atoms with Gasteiger partial charge in [0.15, 0.2) is 5.82 Å². The largest absolute Gasteiger partial charge is 0.466 e. The highest BCUT2D eigenvalue weighted by molar-refractivity contribution is 4.95. The number of nitrogens with zero attached hydrogens (tertiary/aromatic N) is 3. The first-order chi connectivity index (χ1) is 4.24. The summed E-state index contributed by atoms with van der Waals surface area (Å²) < 4.78 is 4.73. The van der Waals surface area contributed by atoms with Crippen LogP contribution in [0.2, 0.25) is 0 Å². The van der Waals surface area contributed by atoms with Crippen molar-refractivity contribution < 1.29 is 4.74 Å². The van der Waals surface area contributed by atoms with Gasteiger partial charge in [-0.15, -0.1) is 9.89 Å². The number of nitrogen functional groups attached to an aromatic ring is 1. The number of ether oxygens (including phenoxy) is 1. The second kappa shape index (κ2) is 1.93. The van der Waals surface area contributed by atoms with Crippen LogP contribution in [0.3, 0.4) is 0 Å². The zero-order valence-corrected chi connectivity index (χ0v) is 5.33. The number of aryl methyl sites for hydroxylation is 1. The molecule has 50 valence electrons. The summed E-state index contributed by atoms with van der Waals surface area (Å²) in [5.74, 6) is 5.88. The molecule has 1 rings (SSSR count). The maximum atomic E-state index is 5.27. The molecule has 1 heterocycles. The van der Waals surface area contributed by atoms with Crippen molar-refractivity contribution in [1.29, 1.82) is 0 Å². The van der Waals surface area contributed by atoms with Crippen LogP contribution in [-0.4, -0.2) is 22.0 Å². The molecule has 5 heteroatoms. The molecule has 2 N–H and O–H groups in total. The van der Waals surface area contributed by atoms with Crippen LogP contribution >= 0.6 is 0 Å². The van der Waals surface area contributed by atoms with Gasteiger partial charge in [0, 0.05) is 0 Å². The number of methoxy groups -OCH3 is 1. The Hall–Kier alpha value is -1.26. The Morgan fingerprint density at radius 1 is 1.67 bits per heavy atom. The van der Waals surface area contributed by atoms with E-state index in [-0.39, 0.29) is 0 Å². The molecule has 0 aliphatic rings. The predicted octanol–water partition coefficient (Wildman–Crippen LogP) is -0.691. The van der Waals surface area contributed by atoms with Gasteiger partial charge in [0.1, 0.15) is 0 Å². The summed E-state index contributed by atoms with van der Waals surface area (Å²) >= 11 is 0. The number of hydrogen-bond acceptors (Lipinski definition) is 4. The van der Waals surface area contributed by atoms with Crippen LogP contribution in [-0.2, 0) is 0 Å². The molecule has 0 saturated carbocycles. The lowest BCUT2D eigenvalue weighted by molar-refractivity contribution is 0.364. The van der Waals surface area contributed by atoms with Crippen molar-refractivity contribution >= 4 is 0 Å². The summed E-state index contributed by atoms with van der Waals surface area (Å²) in [6, 6.07) is 0.326. The molecule has 0 atom stereocenters. The molecule has 0 fully saturated rings. The van der Waals surface area contributed by atoms with Crippen molar-refractivity contribution in [1.82, 2.24) is 14.9 Å². The summed E-state index contributed by atoms with van der Waals surface area (Å²) in [5, 5.41) is 3.74. The van der Waals surface area contributed by atoms with Crippen molar-refractivity contribution in [2.75, 3.05) is 13.0 Å². The van der Waals surface area contributed by atoms with Crippen molar-refractivity contribution in [3.63, 3.8) is 0 Å². The maximum absolute atomic E-state index is 5.27. The lowest BCUT2D eigenvalue weighted by atomic mass is 10.8. The van der Waals surface area contributed by atoms with Gasteiger partial charge in [-0.1, -0.05) is 0 Å². The quantitative estimate of drug-likeness (QED) is 0.508. The molecule has 5 nitrogen and oxygen atoms in total. The second-order valence-electron chi connectivity index (χ2n) is 1.59. The zero-order chi connectivity index (χ0) is 6.85. The number of aromatic nitrogens is 3. The Labute approximate surface area is 52.4 Å². The van der Waals surface area contributed by atoms with E-state index in [2.05, 4.69) is 10.1 Å². The third kappa shape index (κ3) is 0.933. The molecule has 0 aliphatic carbocycles. The van der Waals surface area contributed by atoms with E-state index >= 15 is 0 Å². The third-order valence-electron chi connectivity index (χ3n) is 0.888. The number of rotatable bonds is 1. The number of nitrogens with two attached hydrogens (primary N) is 1. The van der Waals surface area contributed by atoms with Crippen molar-refractivity contribution in [2.45, 2.75) is 6.92 Å². The molecule has 0 bridgehead atoms. The minimum atomic E-state index is 0.326. The smallest absolute Gasteiger partial charge is 0.334 e. The summed E-state index contributed by atoms with van der Waals surface area (Å²) in [6.45, 7) is 1.74. The van der Waals surface area contributed by atoms with Gasteiger partial charge in [0.2, 0.25) is 0 Å². The van der Waals surface area contributed by atoms with Crippen LogP contribution in [0.15, 0.2) is 0 Å². The molecule has 0 aliphatic heterocycles. The molecule has 0 spiro atoms. The van der Waals surface area contributed by atoms with Crippen LogP contribution in [0.5, 0.6) is 6.01 Å². The lowest BCUT2D eigenvalue weighted by Gasteiger charge is -1.92. The number of hydrogen-bond donors (Lipinski definition) is 1. The van der Waals surface area contributed by atoms with Gasteiger partial charge in [0.05, 0.1) is 7.11 Å². The van der Waals surface area contributed by atoms with Gasteiger partial charge >= 0.3 is 6.01 Å². The third-order valence-corrected chi connectivity index (χ3v) is 0.888. The summed E-state index contributed by atoms with van der Waals surface area (Å²) in [6.07, 6.45) is 0. The SMILES string of the molecule is COc1nc(C)nn1N. The first kappa shape index (κ1) is 5.87. The highest BCUT2D eigenvalue weighted by atomic mass is 16.5. The fourth-order valence-corrected chi connectivity index (χ4v) is 0.550. The van der Waals surface area contributed by atoms with Gasteiger partial charge in [0.25, 0.3) is 0 Å². The van der Waals surface area contributed by atoms with E-state index in [0.717, 1.165) is 4.79 Å². The van der Waals surface area contributed by atoms with E-state index in [1.54, 1.807) is 6.92 Å². The molecule has 9 heavy (non-hydrogen) atoms. The highest BCUT2D eigenvalue weighted by Gasteiger charge is 2.01. The molecule has 0 saturated heterocycles. The van der Waals surface area contributed by atoms with E-state index in [1.807, 2.05) is 0 Å². The van der Waals surface area contributed by atoms with Crippen molar-refractivity contribution in [3.05, 3.63) is 5.82 Å². The van der Waals surface area contributed by atoms with E-state index < -0.39 is 0 Å². The molecular weight excluding hydrogens is 120 g/mol. The standard InChI is InChI=1S/C4H8N4O/c1-3-6-4(9-2)8(5)7-3/h5H2,1-2H3. The van der Waals surface area contributed by atoms with E-state index in [0.29, 0.717) is 11.8 Å². The van der Waals surface area contributed by atoms with Crippen LogP contribution in [0.1, 0.15) is 5.82 Å². The summed E-state index contributed by atoms with van der Waals surface area (Å²) in [7, 11) is 1.49. The van der Waals surface area contributed by atoms with Gasteiger partial charge in [-0.05, 0) is 6.92 Å². The monoisotopic (exact) mass is 128 g/mol. The lowest BCUT2D eigenvalue weighted by Crippen LogP contribution is -2.11. The first-order valence-electron chi connectivity index (χ1n) is 2.46. The Morgan fingerprint density at radius 2 is 2.33 bits per heavy atom. The van der Waals surface area contributed by atoms with E-state index in [9.17, 15) is 0 Å². The molecule has 0 aromatic carbocycles. The zero-order valence-electron chi connectivity index (χ0n) is 5.33. The maximum Gasteiger partial charge on any atom is 0.334 e. The van der Waals surface area contributed by atoms with Crippen molar-refractivity contribution in [3.8, 4) is 6.01 Å². The van der Waals surface area contributed by atoms with Gasteiger partial charge in [-0.25, -0.2) is 0 Å². The predicted molar refractivity (Wildman–Crippen MR) is 31.5 cm³/mol. The van der Waals surface area contributed by atoms with Crippen LogP contribution in [0.25, 0.3) is 0 Å². The van der Waals surface area contributed by atoms with Gasteiger partial charge < -0.3 is 10.6 Å². The molecule has 1 aromatic rings. The van der Waals surface area contributed by atoms with Crippen LogP contribution < -0.4 is 10.6 Å². The van der Waals surface area contributed by atoms with E-state index in [1.165, 1.54) is 7.11 Å². The molecule has 0 unspecified atom stereocenters. The Bertz CT molecular complexity index is 206. The summed E-state index contributed by atoms with van der Waals surface area (Å²) in [5.41, 5.74) is 0. The van der Waals surface area contributed by atoms with Crippen LogP contribution in [0, 0.1) is 6.92 Å². The average molecular weight is 128 g/mol. The Balaban J connectivity index is 3.01. The average Bonchev–Trinajstić information content (AvgIpc) is 2.10. The topological polar surface area (TPSA) is 66.0 Å². The van der Waals surface area contributed by atoms with Gasteiger partial charge in [-0.2, -0.15) is 4.98 Å². The van der Waals surface area contributed by atoms with Crippen molar-refractivity contribution in [2.24, 2.45) is 0 Å². The Morgan fingerprint density at radius 3 is 2.56 bits per heavy atom. The fraction of sp³-hybridized carbons (Fsp3) is 0.500. The molecular formula is C4H8N4O. The normalized spacial score (nSPS) is 9.56. The minimum Gasteiger partial charge on any atom is -0.466 e. The molecule has 0 amide bonds. The molecule has 0 radical (unpaired) electrons. The van der Waals surface area contributed by atoms with E-state index in [4.69, 9.17) is 10.6 Å². The van der Waals surface area contributed by atoms with Gasteiger partial charge in [-0.3, -0.25) is 0 Å². The van der Waals surface area contributed by atoms with Crippen LogP contribution in [0.4, 0.5) is 0 Å². The molecule has 1 aromatic heterocycles. The first-order valence-corrected chi connectivity index (χ1v) is 2.46. The summed E-state index contributed by atoms with van der Waals surface area (Å²) in [4.78, 5) is 4.93. The fourth-order valence-electron chi connectivity index (χ4n) is 0.550. The Kier molecular flexibility index (Phi) is 1.26. The second-order valence-corrected chi connectivity index (χ2v) is 1.59. The minimum absolute atomic E-state index is 0.326.